The highest BCUT2D eigenvalue weighted by Gasteiger charge is 2.28. The molecular formula is C16H21N5O2. The Morgan fingerprint density at radius 1 is 1.39 bits per heavy atom. The van der Waals surface area contributed by atoms with Crippen molar-refractivity contribution in [3.05, 3.63) is 35.5 Å². The zero-order chi connectivity index (χ0) is 16.4. The highest BCUT2D eigenvalue weighted by atomic mass is 16.5. The van der Waals surface area contributed by atoms with Gasteiger partial charge in [0.1, 0.15) is 17.2 Å². The third-order valence-corrected chi connectivity index (χ3v) is 4.13. The summed E-state index contributed by atoms with van der Waals surface area (Å²) >= 11 is 0. The van der Waals surface area contributed by atoms with E-state index in [-0.39, 0.29) is 11.9 Å². The van der Waals surface area contributed by atoms with Crippen LogP contribution in [0.3, 0.4) is 0 Å². The van der Waals surface area contributed by atoms with E-state index in [0.29, 0.717) is 18.0 Å². The SMILES string of the molecule is COc1ncccc1C(=O)N1CCC[C@H](n2nc(C)nc2C)C1. The van der Waals surface area contributed by atoms with Crippen LogP contribution in [-0.2, 0) is 0 Å². The molecule has 1 saturated heterocycles. The van der Waals surface area contributed by atoms with Crippen LogP contribution in [0.1, 0.15) is 40.9 Å². The van der Waals surface area contributed by atoms with Crippen molar-refractivity contribution in [2.45, 2.75) is 32.7 Å². The van der Waals surface area contributed by atoms with Crippen LogP contribution in [-0.4, -0.2) is 50.8 Å². The number of rotatable bonds is 3. The lowest BCUT2D eigenvalue weighted by molar-refractivity contribution is 0.0667. The van der Waals surface area contributed by atoms with E-state index in [9.17, 15) is 4.79 Å². The molecule has 0 unspecified atom stereocenters. The van der Waals surface area contributed by atoms with E-state index < -0.39 is 0 Å². The number of aryl methyl sites for hydroxylation is 2. The van der Waals surface area contributed by atoms with Gasteiger partial charge in [-0.2, -0.15) is 5.10 Å². The average Bonchev–Trinajstić information content (AvgIpc) is 2.92. The molecule has 3 rings (SSSR count). The average molecular weight is 315 g/mol. The van der Waals surface area contributed by atoms with Crippen molar-refractivity contribution >= 4 is 5.91 Å². The van der Waals surface area contributed by atoms with Crippen molar-refractivity contribution in [1.29, 1.82) is 0 Å². The minimum Gasteiger partial charge on any atom is -0.480 e. The number of likely N-dealkylation sites (tertiary alicyclic amines) is 1. The van der Waals surface area contributed by atoms with Gasteiger partial charge in [0.05, 0.1) is 13.2 Å². The molecule has 1 fully saturated rings. The first-order valence-electron chi connectivity index (χ1n) is 7.78. The van der Waals surface area contributed by atoms with Gasteiger partial charge in [-0.05, 0) is 38.8 Å². The fourth-order valence-corrected chi connectivity index (χ4v) is 3.11. The van der Waals surface area contributed by atoms with Gasteiger partial charge < -0.3 is 9.64 Å². The third-order valence-electron chi connectivity index (χ3n) is 4.13. The molecule has 122 valence electrons. The molecule has 2 aromatic rings. The number of pyridine rings is 1. The second kappa shape index (κ2) is 6.36. The Morgan fingerprint density at radius 3 is 2.91 bits per heavy atom. The Balaban J connectivity index is 1.81. The standard InChI is InChI=1S/C16H21N5O2/c1-11-18-12(2)21(19-11)13-6-5-9-20(10-13)16(22)14-7-4-8-17-15(14)23-3/h4,7-8,13H,5-6,9-10H2,1-3H3/t13-/m0/s1. The van der Waals surface area contributed by atoms with Crippen molar-refractivity contribution in [2.24, 2.45) is 0 Å². The number of hydrogen-bond acceptors (Lipinski definition) is 5. The van der Waals surface area contributed by atoms with Crippen LogP contribution in [0.5, 0.6) is 5.88 Å². The van der Waals surface area contributed by atoms with Gasteiger partial charge in [-0.15, -0.1) is 0 Å². The summed E-state index contributed by atoms with van der Waals surface area (Å²) in [6, 6.07) is 3.67. The summed E-state index contributed by atoms with van der Waals surface area (Å²) in [5, 5.41) is 4.46. The highest BCUT2D eigenvalue weighted by Crippen LogP contribution is 2.25. The van der Waals surface area contributed by atoms with Crippen molar-refractivity contribution in [3.8, 4) is 5.88 Å². The highest BCUT2D eigenvalue weighted by molar-refractivity contribution is 5.96. The first-order valence-corrected chi connectivity index (χ1v) is 7.78. The summed E-state index contributed by atoms with van der Waals surface area (Å²) in [6.07, 6.45) is 3.56. The van der Waals surface area contributed by atoms with Crippen molar-refractivity contribution < 1.29 is 9.53 Å². The quantitative estimate of drug-likeness (QED) is 0.863. The summed E-state index contributed by atoms with van der Waals surface area (Å²) < 4.78 is 7.14. The minimum atomic E-state index is -0.0471. The molecule has 0 aromatic carbocycles. The van der Waals surface area contributed by atoms with E-state index in [2.05, 4.69) is 15.1 Å². The molecule has 1 aliphatic rings. The summed E-state index contributed by atoms with van der Waals surface area (Å²) in [6.45, 7) is 5.20. The predicted octanol–water partition coefficient (Wildman–Crippen LogP) is 1.78. The topological polar surface area (TPSA) is 73.1 Å². The van der Waals surface area contributed by atoms with E-state index in [1.54, 1.807) is 18.3 Å². The fourth-order valence-electron chi connectivity index (χ4n) is 3.11. The van der Waals surface area contributed by atoms with E-state index >= 15 is 0 Å². The molecule has 3 heterocycles. The Morgan fingerprint density at radius 2 is 2.22 bits per heavy atom. The smallest absolute Gasteiger partial charge is 0.259 e. The van der Waals surface area contributed by atoms with Gasteiger partial charge in [-0.25, -0.2) is 14.6 Å². The van der Waals surface area contributed by atoms with E-state index in [0.717, 1.165) is 31.0 Å². The van der Waals surface area contributed by atoms with Crippen LogP contribution in [0.15, 0.2) is 18.3 Å². The molecule has 0 aliphatic carbocycles. The first-order chi connectivity index (χ1) is 11.1. The number of carbonyl (C=O) groups excluding carboxylic acids is 1. The monoisotopic (exact) mass is 315 g/mol. The Hall–Kier alpha value is -2.44. The number of amides is 1. The van der Waals surface area contributed by atoms with Crippen molar-refractivity contribution in [3.63, 3.8) is 0 Å². The van der Waals surface area contributed by atoms with Crippen LogP contribution >= 0.6 is 0 Å². The van der Waals surface area contributed by atoms with Gasteiger partial charge in [0, 0.05) is 19.3 Å². The van der Waals surface area contributed by atoms with Gasteiger partial charge in [0.2, 0.25) is 5.88 Å². The predicted molar refractivity (Wildman–Crippen MR) is 84.5 cm³/mol. The Bertz CT molecular complexity index is 712. The van der Waals surface area contributed by atoms with Crippen molar-refractivity contribution in [1.82, 2.24) is 24.6 Å². The maximum absolute atomic E-state index is 12.8. The number of piperidine rings is 1. The second-order valence-corrected chi connectivity index (χ2v) is 5.76. The summed E-state index contributed by atoms with van der Waals surface area (Å²) in [4.78, 5) is 23.1. The van der Waals surface area contributed by atoms with E-state index in [4.69, 9.17) is 4.74 Å². The van der Waals surface area contributed by atoms with E-state index in [1.807, 2.05) is 23.4 Å². The number of methoxy groups -OCH3 is 1. The number of ether oxygens (including phenoxy) is 1. The molecule has 0 radical (unpaired) electrons. The summed E-state index contributed by atoms with van der Waals surface area (Å²) in [5.41, 5.74) is 0.502. The molecule has 23 heavy (non-hydrogen) atoms. The van der Waals surface area contributed by atoms with Gasteiger partial charge in [0.25, 0.3) is 5.91 Å². The molecule has 7 heteroatoms. The van der Waals surface area contributed by atoms with Crippen LogP contribution in [0.4, 0.5) is 0 Å². The maximum atomic E-state index is 12.8. The minimum absolute atomic E-state index is 0.0471. The van der Waals surface area contributed by atoms with Gasteiger partial charge in [-0.1, -0.05) is 0 Å². The van der Waals surface area contributed by atoms with Gasteiger partial charge in [0.15, 0.2) is 0 Å². The number of nitrogens with zero attached hydrogens (tertiary/aromatic N) is 5. The molecule has 0 spiro atoms. The third kappa shape index (κ3) is 3.04. The Kier molecular flexibility index (Phi) is 4.27. The molecular weight excluding hydrogens is 294 g/mol. The van der Waals surface area contributed by atoms with Crippen LogP contribution in [0, 0.1) is 13.8 Å². The molecule has 1 amide bonds. The molecule has 1 atom stereocenters. The van der Waals surface area contributed by atoms with Crippen LogP contribution in [0.25, 0.3) is 0 Å². The van der Waals surface area contributed by atoms with Crippen LogP contribution in [0.2, 0.25) is 0 Å². The first kappa shape index (κ1) is 15.5. The molecule has 0 saturated carbocycles. The number of aromatic nitrogens is 4. The second-order valence-electron chi connectivity index (χ2n) is 5.76. The zero-order valence-electron chi connectivity index (χ0n) is 13.7. The summed E-state index contributed by atoms with van der Waals surface area (Å²) in [7, 11) is 1.53. The summed E-state index contributed by atoms with van der Waals surface area (Å²) in [5.74, 6) is 1.97. The van der Waals surface area contributed by atoms with Crippen molar-refractivity contribution in [2.75, 3.05) is 20.2 Å². The largest absolute Gasteiger partial charge is 0.480 e. The lowest BCUT2D eigenvalue weighted by Crippen LogP contribution is -2.41. The lowest BCUT2D eigenvalue weighted by atomic mass is 10.0. The molecule has 2 aromatic heterocycles. The fraction of sp³-hybridized carbons (Fsp3) is 0.500. The molecule has 0 bridgehead atoms. The maximum Gasteiger partial charge on any atom is 0.259 e. The lowest BCUT2D eigenvalue weighted by Gasteiger charge is -2.33. The Labute approximate surface area is 135 Å². The number of hydrogen-bond donors (Lipinski definition) is 0. The molecule has 1 aliphatic heterocycles. The zero-order valence-corrected chi connectivity index (χ0v) is 13.7. The molecule has 0 N–H and O–H groups in total. The normalized spacial score (nSPS) is 18.0. The van der Waals surface area contributed by atoms with E-state index in [1.165, 1.54) is 7.11 Å². The number of carbonyl (C=O) groups is 1. The molecule has 7 nitrogen and oxygen atoms in total. The van der Waals surface area contributed by atoms with Gasteiger partial charge >= 0.3 is 0 Å². The van der Waals surface area contributed by atoms with Crippen LogP contribution < -0.4 is 4.74 Å². The van der Waals surface area contributed by atoms with Gasteiger partial charge in [-0.3, -0.25) is 4.79 Å².